The van der Waals surface area contributed by atoms with E-state index in [4.69, 9.17) is 4.74 Å². The highest BCUT2D eigenvalue weighted by molar-refractivity contribution is 5.96. The zero-order valence-corrected chi connectivity index (χ0v) is 11.2. The standard InChI is InChI=1S/C13H17N3O4/c1-2-14-11-7-9(3-4-12(11)16(18)19)13(17)15-10-5-6-20-8-10/h3-4,7,10,14H,2,5-6,8H2,1H3,(H,15,17). The molecule has 108 valence electrons. The van der Waals surface area contributed by atoms with Gasteiger partial charge in [-0.1, -0.05) is 0 Å². The molecule has 1 aromatic rings. The van der Waals surface area contributed by atoms with Crippen molar-refractivity contribution in [3.63, 3.8) is 0 Å². The molecule has 2 N–H and O–H groups in total. The minimum atomic E-state index is -0.468. The first kappa shape index (κ1) is 14.3. The summed E-state index contributed by atoms with van der Waals surface area (Å²) in [6, 6.07) is 4.33. The molecule has 0 saturated carbocycles. The number of nitro groups is 1. The second kappa shape index (κ2) is 6.33. The van der Waals surface area contributed by atoms with Gasteiger partial charge in [0.05, 0.1) is 17.6 Å². The highest BCUT2D eigenvalue weighted by Crippen LogP contribution is 2.25. The Labute approximate surface area is 116 Å². The molecule has 7 nitrogen and oxygen atoms in total. The minimum Gasteiger partial charge on any atom is -0.380 e. The summed E-state index contributed by atoms with van der Waals surface area (Å²) in [6.45, 7) is 3.54. The number of hydrogen-bond acceptors (Lipinski definition) is 5. The lowest BCUT2D eigenvalue weighted by Gasteiger charge is -2.12. The highest BCUT2D eigenvalue weighted by atomic mass is 16.6. The van der Waals surface area contributed by atoms with Gasteiger partial charge in [0.15, 0.2) is 0 Å². The van der Waals surface area contributed by atoms with Crippen LogP contribution in [0.1, 0.15) is 23.7 Å². The van der Waals surface area contributed by atoms with Crippen molar-refractivity contribution < 1.29 is 14.5 Å². The van der Waals surface area contributed by atoms with Crippen molar-refractivity contribution in [2.75, 3.05) is 25.1 Å². The Morgan fingerprint density at radius 3 is 2.95 bits per heavy atom. The fourth-order valence-electron chi connectivity index (χ4n) is 2.09. The summed E-state index contributed by atoms with van der Waals surface area (Å²) in [5.74, 6) is -0.241. The summed E-state index contributed by atoms with van der Waals surface area (Å²) in [7, 11) is 0. The van der Waals surface area contributed by atoms with Gasteiger partial charge in [0.1, 0.15) is 5.69 Å². The molecule has 1 heterocycles. The molecule has 2 rings (SSSR count). The third-order valence-electron chi connectivity index (χ3n) is 3.09. The SMILES string of the molecule is CCNc1cc(C(=O)NC2CCOC2)ccc1[N+](=O)[O-]. The van der Waals surface area contributed by atoms with Crippen molar-refractivity contribution in [2.45, 2.75) is 19.4 Å². The zero-order chi connectivity index (χ0) is 14.5. The van der Waals surface area contributed by atoms with Gasteiger partial charge in [-0.25, -0.2) is 0 Å². The fourth-order valence-corrected chi connectivity index (χ4v) is 2.09. The summed E-state index contributed by atoms with van der Waals surface area (Å²) < 4.78 is 5.19. The molecular weight excluding hydrogens is 262 g/mol. The van der Waals surface area contributed by atoms with Crippen LogP contribution in [0, 0.1) is 10.1 Å². The van der Waals surface area contributed by atoms with Crippen LogP contribution >= 0.6 is 0 Å². The number of anilines is 1. The topological polar surface area (TPSA) is 93.5 Å². The number of rotatable bonds is 5. The molecule has 0 radical (unpaired) electrons. The Kier molecular flexibility index (Phi) is 4.52. The average Bonchev–Trinajstić information content (AvgIpc) is 2.91. The van der Waals surface area contributed by atoms with E-state index >= 15 is 0 Å². The van der Waals surface area contributed by atoms with E-state index in [9.17, 15) is 14.9 Å². The van der Waals surface area contributed by atoms with E-state index in [2.05, 4.69) is 10.6 Å². The first-order chi connectivity index (χ1) is 9.61. The van der Waals surface area contributed by atoms with Gasteiger partial charge in [0, 0.05) is 24.8 Å². The quantitative estimate of drug-likeness (QED) is 0.630. The molecule has 1 saturated heterocycles. The Morgan fingerprint density at radius 2 is 2.35 bits per heavy atom. The lowest BCUT2D eigenvalue weighted by molar-refractivity contribution is -0.384. The second-order valence-corrected chi connectivity index (χ2v) is 4.55. The molecular formula is C13H17N3O4. The molecule has 0 aliphatic carbocycles. The Morgan fingerprint density at radius 1 is 1.55 bits per heavy atom. The molecule has 0 aromatic heterocycles. The van der Waals surface area contributed by atoms with Crippen LogP contribution in [0.3, 0.4) is 0 Å². The Bertz CT molecular complexity index is 512. The van der Waals surface area contributed by atoms with Crippen molar-refractivity contribution in [2.24, 2.45) is 0 Å². The molecule has 0 bridgehead atoms. The van der Waals surface area contributed by atoms with Gasteiger partial charge in [-0.2, -0.15) is 0 Å². The van der Waals surface area contributed by atoms with Crippen LogP contribution in [-0.2, 0) is 4.74 Å². The van der Waals surface area contributed by atoms with E-state index in [1.54, 1.807) is 0 Å². The number of benzene rings is 1. The van der Waals surface area contributed by atoms with Gasteiger partial charge in [0.2, 0.25) is 0 Å². The lowest BCUT2D eigenvalue weighted by Crippen LogP contribution is -2.35. The maximum atomic E-state index is 12.1. The second-order valence-electron chi connectivity index (χ2n) is 4.55. The molecule has 7 heteroatoms. The number of nitro benzene ring substituents is 1. The third kappa shape index (κ3) is 3.24. The summed E-state index contributed by atoms with van der Waals surface area (Å²) in [5.41, 5.74) is 0.721. The van der Waals surface area contributed by atoms with Crippen LogP contribution in [0.15, 0.2) is 18.2 Å². The van der Waals surface area contributed by atoms with E-state index in [0.717, 1.165) is 6.42 Å². The summed E-state index contributed by atoms with van der Waals surface area (Å²) in [4.78, 5) is 22.5. The molecule has 1 aromatic carbocycles. The molecule has 1 aliphatic heterocycles. The molecule has 1 amide bonds. The fraction of sp³-hybridized carbons (Fsp3) is 0.462. The van der Waals surface area contributed by atoms with Gasteiger partial charge in [0.25, 0.3) is 11.6 Å². The zero-order valence-electron chi connectivity index (χ0n) is 11.2. The van der Waals surface area contributed by atoms with E-state index in [1.807, 2.05) is 6.92 Å². The first-order valence-corrected chi connectivity index (χ1v) is 6.52. The summed E-state index contributed by atoms with van der Waals surface area (Å²) in [6.07, 6.45) is 0.790. The monoisotopic (exact) mass is 279 g/mol. The van der Waals surface area contributed by atoms with Crippen LogP contribution in [0.4, 0.5) is 11.4 Å². The van der Waals surface area contributed by atoms with Crippen molar-refractivity contribution in [1.82, 2.24) is 5.32 Å². The summed E-state index contributed by atoms with van der Waals surface area (Å²) >= 11 is 0. The number of carbonyl (C=O) groups is 1. The van der Waals surface area contributed by atoms with E-state index in [1.165, 1.54) is 18.2 Å². The molecule has 0 spiro atoms. The maximum absolute atomic E-state index is 12.1. The van der Waals surface area contributed by atoms with E-state index in [-0.39, 0.29) is 17.6 Å². The number of hydrogen-bond donors (Lipinski definition) is 2. The largest absolute Gasteiger partial charge is 0.380 e. The Hall–Kier alpha value is -2.15. The Balaban J connectivity index is 2.16. The first-order valence-electron chi connectivity index (χ1n) is 6.52. The van der Waals surface area contributed by atoms with Crippen molar-refractivity contribution in [3.8, 4) is 0 Å². The minimum absolute atomic E-state index is 0.0141. The number of nitrogens with zero attached hydrogens (tertiary/aromatic N) is 1. The van der Waals surface area contributed by atoms with Crippen LogP contribution in [0.5, 0.6) is 0 Å². The predicted molar refractivity (Wildman–Crippen MR) is 74.0 cm³/mol. The maximum Gasteiger partial charge on any atom is 0.292 e. The van der Waals surface area contributed by atoms with Gasteiger partial charge in [-0.05, 0) is 25.5 Å². The summed E-state index contributed by atoms with van der Waals surface area (Å²) in [5, 5.41) is 16.7. The number of carbonyl (C=O) groups excluding carboxylic acids is 1. The third-order valence-corrected chi connectivity index (χ3v) is 3.09. The van der Waals surface area contributed by atoms with Gasteiger partial charge in [-0.3, -0.25) is 14.9 Å². The van der Waals surface area contributed by atoms with Crippen molar-refractivity contribution in [1.29, 1.82) is 0 Å². The molecule has 20 heavy (non-hydrogen) atoms. The van der Waals surface area contributed by atoms with Crippen LogP contribution in [-0.4, -0.2) is 36.6 Å². The van der Waals surface area contributed by atoms with Crippen LogP contribution in [0.2, 0.25) is 0 Å². The van der Waals surface area contributed by atoms with Crippen LogP contribution < -0.4 is 10.6 Å². The van der Waals surface area contributed by atoms with Crippen molar-refractivity contribution in [3.05, 3.63) is 33.9 Å². The number of nitrogens with one attached hydrogen (secondary N) is 2. The van der Waals surface area contributed by atoms with Gasteiger partial charge < -0.3 is 15.4 Å². The average molecular weight is 279 g/mol. The van der Waals surface area contributed by atoms with E-state index < -0.39 is 4.92 Å². The molecule has 1 fully saturated rings. The van der Waals surface area contributed by atoms with Crippen LogP contribution in [0.25, 0.3) is 0 Å². The van der Waals surface area contributed by atoms with Gasteiger partial charge >= 0.3 is 0 Å². The molecule has 1 unspecified atom stereocenters. The number of amides is 1. The highest BCUT2D eigenvalue weighted by Gasteiger charge is 2.20. The van der Waals surface area contributed by atoms with E-state index in [0.29, 0.717) is 31.0 Å². The van der Waals surface area contributed by atoms with Crippen molar-refractivity contribution >= 4 is 17.3 Å². The smallest absolute Gasteiger partial charge is 0.292 e. The number of ether oxygens (including phenoxy) is 1. The molecule has 1 aliphatic rings. The predicted octanol–water partition coefficient (Wildman–Crippen LogP) is 1.55. The van der Waals surface area contributed by atoms with Gasteiger partial charge in [-0.15, -0.1) is 0 Å². The lowest BCUT2D eigenvalue weighted by atomic mass is 10.1. The normalized spacial score (nSPS) is 17.8. The molecule has 1 atom stereocenters.